The summed E-state index contributed by atoms with van der Waals surface area (Å²) in [6.45, 7) is -0.523. The summed E-state index contributed by atoms with van der Waals surface area (Å²) in [5, 5.41) is 6.10. The van der Waals surface area contributed by atoms with Crippen LogP contribution in [0.2, 0.25) is 0 Å². The summed E-state index contributed by atoms with van der Waals surface area (Å²) in [5.41, 5.74) is 3.51. The number of halogens is 2. The van der Waals surface area contributed by atoms with Crippen LogP contribution in [0.25, 0.3) is 6.08 Å². The van der Waals surface area contributed by atoms with Crippen LogP contribution in [0.5, 0.6) is 5.75 Å². The number of amides is 1. The smallest absolute Gasteiger partial charge is 0.342 e. The maximum atomic E-state index is 13.8. The fraction of sp³-hybridized carbons (Fsp3) is 0.258. The molecule has 3 aromatic rings. The van der Waals surface area contributed by atoms with E-state index in [0.29, 0.717) is 5.75 Å². The first kappa shape index (κ1) is 27.6. The standard InChI is InChI=1S/C31H28F2N2O4S/c1-38-27-17-24(40-2)14-15-25(27)31(37)39-18-28(36)35-30(20-8-12-23(33)13-9-20)26-5-3-4-21(29(26)34-35)16-19-6-10-22(32)11-7-19/h6-17,26,30H,3-5,18H2,1-2H3. The number of benzene rings is 3. The third-order valence-electron chi connectivity index (χ3n) is 7.13. The predicted molar refractivity (Wildman–Crippen MR) is 150 cm³/mol. The molecular formula is C31H28F2N2O4S. The van der Waals surface area contributed by atoms with Gasteiger partial charge in [0, 0.05) is 10.8 Å². The Balaban J connectivity index is 1.42. The van der Waals surface area contributed by atoms with E-state index in [2.05, 4.69) is 0 Å². The maximum absolute atomic E-state index is 13.8. The Labute approximate surface area is 235 Å². The van der Waals surface area contributed by atoms with E-state index in [1.807, 2.05) is 12.3 Å². The molecule has 9 heteroatoms. The van der Waals surface area contributed by atoms with Crippen LogP contribution >= 0.6 is 11.8 Å². The molecule has 1 heterocycles. The number of hydrogen-bond donors (Lipinski definition) is 0. The zero-order valence-electron chi connectivity index (χ0n) is 22.1. The lowest BCUT2D eigenvalue weighted by atomic mass is 9.77. The second-order valence-corrected chi connectivity index (χ2v) is 10.5. The number of hydrogen-bond acceptors (Lipinski definition) is 6. The summed E-state index contributed by atoms with van der Waals surface area (Å²) in [6, 6.07) is 16.9. The number of carbonyl (C=O) groups excluding carboxylic acids is 2. The van der Waals surface area contributed by atoms with Crippen molar-refractivity contribution in [3.63, 3.8) is 0 Å². The first-order valence-corrected chi connectivity index (χ1v) is 14.1. The highest BCUT2D eigenvalue weighted by molar-refractivity contribution is 7.98. The summed E-state index contributed by atoms with van der Waals surface area (Å²) in [7, 11) is 1.47. The Kier molecular flexibility index (Phi) is 8.30. The summed E-state index contributed by atoms with van der Waals surface area (Å²) in [4.78, 5) is 27.3. The number of methoxy groups -OCH3 is 1. The van der Waals surface area contributed by atoms with Gasteiger partial charge in [0.05, 0.1) is 18.9 Å². The van der Waals surface area contributed by atoms with Crippen molar-refractivity contribution in [3.8, 4) is 5.75 Å². The molecule has 2 aliphatic rings. The Morgan fingerprint density at radius 3 is 2.42 bits per heavy atom. The minimum Gasteiger partial charge on any atom is -0.496 e. The maximum Gasteiger partial charge on any atom is 0.342 e. The Hall–Kier alpha value is -3.98. The number of rotatable bonds is 7. The molecule has 1 fully saturated rings. The van der Waals surface area contributed by atoms with Crippen LogP contribution in [0.15, 0.2) is 82.3 Å². The lowest BCUT2D eigenvalue weighted by Gasteiger charge is -2.29. The highest BCUT2D eigenvalue weighted by atomic mass is 32.2. The van der Waals surface area contributed by atoms with Crippen molar-refractivity contribution < 1.29 is 27.8 Å². The Morgan fingerprint density at radius 1 is 1.05 bits per heavy atom. The average Bonchev–Trinajstić information content (AvgIpc) is 3.37. The number of hydrazone groups is 1. The molecule has 1 saturated carbocycles. The molecule has 0 saturated heterocycles. The molecule has 0 bridgehead atoms. The third kappa shape index (κ3) is 5.79. The lowest BCUT2D eigenvalue weighted by molar-refractivity contribution is -0.137. The SMILES string of the molecule is COc1cc(SC)ccc1C(=O)OCC(=O)N1N=C2C(=Cc3ccc(F)cc3)CCCC2C1c1ccc(F)cc1. The van der Waals surface area contributed by atoms with E-state index in [-0.39, 0.29) is 23.1 Å². The Bertz CT molecular complexity index is 1470. The summed E-state index contributed by atoms with van der Waals surface area (Å²) in [6.07, 6.45) is 6.29. The van der Waals surface area contributed by atoms with Crippen molar-refractivity contribution in [1.29, 1.82) is 0 Å². The molecule has 0 spiro atoms. The molecule has 1 aliphatic heterocycles. The van der Waals surface area contributed by atoms with E-state index in [4.69, 9.17) is 14.6 Å². The Morgan fingerprint density at radius 2 is 1.75 bits per heavy atom. The van der Waals surface area contributed by atoms with Crippen molar-refractivity contribution in [1.82, 2.24) is 5.01 Å². The molecule has 1 amide bonds. The second kappa shape index (κ2) is 12.0. The van der Waals surface area contributed by atoms with E-state index in [0.717, 1.165) is 46.6 Å². The topological polar surface area (TPSA) is 68.2 Å². The van der Waals surface area contributed by atoms with Crippen molar-refractivity contribution in [2.75, 3.05) is 20.0 Å². The van der Waals surface area contributed by atoms with Crippen LogP contribution in [0.1, 0.15) is 46.8 Å². The molecule has 0 N–H and O–H groups in total. The van der Waals surface area contributed by atoms with E-state index in [1.165, 1.54) is 48.1 Å². The normalized spacial score (nSPS) is 19.2. The van der Waals surface area contributed by atoms with Crippen LogP contribution in [0.3, 0.4) is 0 Å². The van der Waals surface area contributed by atoms with Gasteiger partial charge in [-0.2, -0.15) is 5.10 Å². The van der Waals surface area contributed by atoms with Gasteiger partial charge in [0.2, 0.25) is 0 Å². The van der Waals surface area contributed by atoms with Crippen molar-refractivity contribution in [2.24, 2.45) is 11.0 Å². The molecule has 2 atom stereocenters. The summed E-state index contributed by atoms with van der Waals surface area (Å²) >= 11 is 1.51. The fourth-order valence-electron chi connectivity index (χ4n) is 5.20. The number of esters is 1. The monoisotopic (exact) mass is 562 g/mol. The van der Waals surface area contributed by atoms with E-state index >= 15 is 0 Å². The summed E-state index contributed by atoms with van der Waals surface area (Å²) in [5.74, 6) is -1.64. The molecule has 6 nitrogen and oxygen atoms in total. The van der Waals surface area contributed by atoms with Gasteiger partial charge in [0.25, 0.3) is 5.91 Å². The minimum absolute atomic E-state index is 0.121. The average molecular weight is 563 g/mol. The number of nitrogens with zero attached hydrogens (tertiary/aromatic N) is 2. The number of allylic oxidation sites excluding steroid dienone is 1. The van der Waals surface area contributed by atoms with E-state index < -0.39 is 24.5 Å². The first-order chi connectivity index (χ1) is 19.4. The van der Waals surface area contributed by atoms with Crippen molar-refractivity contribution in [3.05, 3.63) is 101 Å². The van der Waals surface area contributed by atoms with Gasteiger partial charge in [0.15, 0.2) is 6.61 Å². The predicted octanol–water partition coefficient (Wildman–Crippen LogP) is 6.68. The molecule has 206 valence electrons. The molecule has 1 aliphatic carbocycles. The zero-order valence-corrected chi connectivity index (χ0v) is 22.9. The molecule has 0 radical (unpaired) electrons. The molecule has 5 rings (SSSR count). The van der Waals surface area contributed by atoms with Gasteiger partial charge < -0.3 is 9.47 Å². The third-order valence-corrected chi connectivity index (χ3v) is 7.86. The van der Waals surface area contributed by atoms with E-state index in [1.54, 1.807) is 42.5 Å². The van der Waals surface area contributed by atoms with Crippen LogP contribution in [0.4, 0.5) is 8.78 Å². The van der Waals surface area contributed by atoms with Gasteiger partial charge >= 0.3 is 5.97 Å². The lowest BCUT2D eigenvalue weighted by Crippen LogP contribution is -2.34. The van der Waals surface area contributed by atoms with Crippen molar-refractivity contribution in [2.45, 2.75) is 30.2 Å². The zero-order chi connectivity index (χ0) is 28.2. The fourth-order valence-corrected chi connectivity index (χ4v) is 5.63. The molecule has 3 aromatic carbocycles. The van der Waals surface area contributed by atoms with Gasteiger partial charge in [0.1, 0.15) is 22.9 Å². The molecule has 2 unspecified atom stereocenters. The van der Waals surface area contributed by atoms with Crippen LogP contribution in [-0.4, -0.2) is 42.6 Å². The highest BCUT2D eigenvalue weighted by Crippen LogP contribution is 2.44. The van der Waals surface area contributed by atoms with Gasteiger partial charge in [-0.3, -0.25) is 4.79 Å². The van der Waals surface area contributed by atoms with Crippen LogP contribution in [0, 0.1) is 17.6 Å². The number of fused-ring (bicyclic) bond motifs is 1. The van der Waals surface area contributed by atoms with Crippen molar-refractivity contribution >= 4 is 35.4 Å². The summed E-state index contributed by atoms with van der Waals surface area (Å²) < 4.78 is 38.0. The first-order valence-electron chi connectivity index (χ1n) is 12.9. The number of thioether (sulfide) groups is 1. The number of carbonyl (C=O) groups is 2. The largest absolute Gasteiger partial charge is 0.496 e. The molecule has 40 heavy (non-hydrogen) atoms. The van der Waals surface area contributed by atoms with Gasteiger partial charge in [-0.05, 0) is 90.8 Å². The van der Waals surface area contributed by atoms with E-state index in [9.17, 15) is 18.4 Å². The van der Waals surface area contributed by atoms with Gasteiger partial charge in [-0.1, -0.05) is 24.3 Å². The second-order valence-electron chi connectivity index (χ2n) is 9.58. The molecule has 0 aromatic heterocycles. The van der Waals surface area contributed by atoms with Gasteiger partial charge in [-0.25, -0.2) is 18.6 Å². The van der Waals surface area contributed by atoms with Crippen LogP contribution in [-0.2, 0) is 9.53 Å². The quantitative estimate of drug-likeness (QED) is 0.238. The minimum atomic E-state index is -0.683. The molecular weight excluding hydrogens is 534 g/mol. The van der Waals surface area contributed by atoms with Gasteiger partial charge in [-0.15, -0.1) is 11.8 Å². The number of ether oxygens (including phenoxy) is 2. The highest BCUT2D eigenvalue weighted by Gasteiger charge is 2.44. The van der Waals surface area contributed by atoms with Crippen LogP contribution < -0.4 is 4.74 Å².